The fourth-order valence-electron chi connectivity index (χ4n) is 2.15. The van der Waals surface area contributed by atoms with Gasteiger partial charge in [-0.2, -0.15) is 5.10 Å². The average molecular weight is 353 g/mol. The van der Waals surface area contributed by atoms with Crippen molar-refractivity contribution < 1.29 is 4.79 Å². The number of pyridine rings is 2. The third-order valence-electron chi connectivity index (χ3n) is 3.54. The summed E-state index contributed by atoms with van der Waals surface area (Å²) in [4.78, 5) is 32.9. The molecule has 0 aliphatic heterocycles. The molecule has 3 aromatic rings. The third kappa shape index (κ3) is 3.92. The van der Waals surface area contributed by atoms with Gasteiger partial charge in [-0.25, -0.2) is 15.1 Å². The van der Waals surface area contributed by atoms with E-state index in [2.05, 4.69) is 25.5 Å². The highest BCUT2D eigenvalue weighted by Crippen LogP contribution is 2.25. The van der Waals surface area contributed by atoms with E-state index >= 15 is 0 Å². The molecule has 0 aromatic carbocycles. The minimum Gasteiger partial charge on any atom is -0.322 e. The summed E-state index contributed by atoms with van der Waals surface area (Å²) in [5, 5.41) is 10.4. The van der Waals surface area contributed by atoms with Crippen molar-refractivity contribution in [2.24, 2.45) is 0 Å². The first-order chi connectivity index (χ1) is 12.0. The van der Waals surface area contributed by atoms with Crippen LogP contribution in [0.1, 0.15) is 21.6 Å². The Balaban J connectivity index is 1.82. The van der Waals surface area contributed by atoms with E-state index in [4.69, 9.17) is 0 Å². The second-order valence-electron chi connectivity index (χ2n) is 5.25. The number of nitrogens with one attached hydrogen (secondary N) is 2. The van der Waals surface area contributed by atoms with Gasteiger partial charge >= 0.3 is 0 Å². The van der Waals surface area contributed by atoms with Crippen LogP contribution >= 0.6 is 11.8 Å². The van der Waals surface area contributed by atoms with E-state index in [1.807, 2.05) is 18.2 Å². The molecule has 0 saturated carbocycles. The number of amides is 1. The highest BCUT2D eigenvalue weighted by Gasteiger charge is 2.16. The first-order valence-corrected chi connectivity index (χ1v) is 8.28. The Morgan fingerprint density at radius 3 is 2.68 bits per heavy atom. The molecule has 3 aromatic heterocycles. The number of H-pyrrole nitrogens is 1. The van der Waals surface area contributed by atoms with Gasteiger partial charge in [0.25, 0.3) is 11.5 Å². The molecule has 0 aliphatic carbocycles. The second kappa shape index (κ2) is 7.27. The lowest BCUT2D eigenvalue weighted by molar-refractivity contribution is 0.102. The van der Waals surface area contributed by atoms with E-state index in [0.717, 1.165) is 5.03 Å². The Morgan fingerprint density at radius 2 is 1.92 bits per heavy atom. The molecule has 0 atom stereocenters. The van der Waals surface area contributed by atoms with Crippen molar-refractivity contribution in [3.05, 3.63) is 69.9 Å². The highest BCUT2D eigenvalue weighted by atomic mass is 32.2. The summed E-state index contributed by atoms with van der Waals surface area (Å²) in [6, 6.07) is 9.00. The minimum absolute atomic E-state index is 0.0586. The molecule has 0 radical (unpaired) electrons. The molecule has 1 amide bonds. The minimum atomic E-state index is -0.516. The maximum Gasteiger partial charge on any atom is 0.277 e. The van der Waals surface area contributed by atoms with Gasteiger partial charge in [-0.3, -0.25) is 9.59 Å². The molecule has 0 aliphatic rings. The third-order valence-corrected chi connectivity index (χ3v) is 4.42. The zero-order valence-corrected chi connectivity index (χ0v) is 14.4. The number of carbonyl (C=O) groups is 1. The number of rotatable bonds is 4. The molecule has 0 spiro atoms. The summed E-state index contributed by atoms with van der Waals surface area (Å²) in [7, 11) is 0. The summed E-state index contributed by atoms with van der Waals surface area (Å²) in [6.45, 7) is 3.43. The molecule has 8 heteroatoms. The SMILES string of the molecule is Cc1n[nH]c(=O)c(C(=O)Nc2ccnc(Sc3ccccn3)c2)c1C. The highest BCUT2D eigenvalue weighted by molar-refractivity contribution is 7.99. The Bertz CT molecular complexity index is 972. The van der Waals surface area contributed by atoms with Gasteiger partial charge in [0, 0.05) is 18.1 Å². The average Bonchev–Trinajstić information content (AvgIpc) is 2.60. The predicted molar refractivity (Wildman–Crippen MR) is 94.9 cm³/mol. The number of aromatic nitrogens is 4. The largest absolute Gasteiger partial charge is 0.322 e. The van der Waals surface area contributed by atoms with Crippen molar-refractivity contribution in [2.45, 2.75) is 23.9 Å². The van der Waals surface area contributed by atoms with Crippen LogP contribution in [0.4, 0.5) is 5.69 Å². The fraction of sp³-hybridized carbons (Fsp3) is 0.118. The van der Waals surface area contributed by atoms with E-state index in [9.17, 15) is 9.59 Å². The van der Waals surface area contributed by atoms with Crippen LogP contribution in [0.2, 0.25) is 0 Å². The maximum atomic E-state index is 12.5. The molecule has 0 bridgehead atoms. The molecule has 3 heterocycles. The van der Waals surface area contributed by atoms with Gasteiger partial charge in [0.2, 0.25) is 0 Å². The smallest absolute Gasteiger partial charge is 0.277 e. The van der Waals surface area contributed by atoms with Crippen LogP contribution in [-0.2, 0) is 0 Å². The number of carbonyl (C=O) groups excluding carboxylic acids is 1. The molecule has 0 saturated heterocycles. The van der Waals surface area contributed by atoms with Crippen molar-refractivity contribution in [3.63, 3.8) is 0 Å². The summed E-state index contributed by atoms with van der Waals surface area (Å²) in [5.41, 5.74) is 1.25. The first-order valence-electron chi connectivity index (χ1n) is 7.47. The molecule has 3 rings (SSSR count). The summed E-state index contributed by atoms with van der Waals surface area (Å²) < 4.78 is 0. The molecule has 25 heavy (non-hydrogen) atoms. The Labute approximate surface area is 147 Å². The monoisotopic (exact) mass is 353 g/mol. The summed E-state index contributed by atoms with van der Waals surface area (Å²) >= 11 is 1.38. The Kier molecular flexibility index (Phi) is 4.90. The standard InChI is InChI=1S/C17H15N5O2S/c1-10-11(2)21-22-17(24)15(10)16(23)20-12-6-8-19-14(9-12)25-13-5-3-4-7-18-13/h3-9H,1-2H3,(H,22,24)(H,19,20,23). The second-order valence-corrected chi connectivity index (χ2v) is 6.29. The van der Waals surface area contributed by atoms with Crippen LogP contribution in [-0.4, -0.2) is 26.1 Å². The molecule has 0 fully saturated rings. The number of hydrogen-bond donors (Lipinski definition) is 2. The zero-order valence-electron chi connectivity index (χ0n) is 13.6. The van der Waals surface area contributed by atoms with Crippen LogP contribution in [0.5, 0.6) is 0 Å². The normalized spacial score (nSPS) is 10.5. The van der Waals surface area contributed by atoms with Crippen LogP contribution in [0.15, 0.2) is 57.6 Å². The van der Waals surface area contributed by atoms with Crippen LogP contribution in [0, 0.1) is 13.8 Å². The molecule has 0 unspecified atom stereocenters. The van der Waals surface area contributed by atoms with Crippen molar-refractivity contribution >= 4 is 23.4 Å². The molecular formula is C17H15N5O2S. The van der Waals surface area contributed by atoms with Gasteiger partial charge in [-0.1, -0.05) is 17.8 Å². The first kappa shape index (κ1) is 16.8. The number of nitrogens with zero attached hydrogens (tertiary/aromatic N) is 3. The van der Waals surface area contributed by atoms with Crippen LogP contribution < -0.4 is 10.9 Å². The van der Waals surface area contributed by atoms with Crippen molar-refractivity contribution in [2.75, 3.05) is 5.32 Å². The maximum absolute atomic E-state index is 12.5. The van der Waals surface area contributed by atoms with Crippen molar-refractivity contribution in [1.82, 2.24) is 20.2 Å². The zero-order chi connectivity index (χ0) is 17.8. The van der Waals surface area contributed by atoms with E-state index in [-0.39, 0.29) is 5.56 Å². The number of anilines is 1. The van der Waals surface area contributed by atoms with E-state index < -0.39 is 11.5 Å². The van der Waals surface area contributed by atoms with Gasteiger partial charge in [0.1, 0.15) is 15.6 Å². The van der Waals surface area contributed by atoms with Gasteiger partial charge < -0.3 is 5.32 Å². The van der Waals surface area contributed by atoms with Gasteiger partial charge in [-0.15, -0.1) is 0 Å². The molecule has 126 valence electrons. The Hall–Kier alpha value is -3.00. The molecular weight excluding hydrogens is 338 g/mol. The van der Waals surface area contributed by atoms with E-state index in [1.54, 1.807) is 38.4 Å². The quantitative estimate of drug-likeness (QED) is 0.748. The van der Waals surface area contributed by atoms with E-state index in [1.165, 1.54) is 11.8 Å². The predicted octanol–water partition coefficient (Wildman–Crippen LogP) is 2.58. The number of aryl methyl sites for hydroxylation is 1. The van der Waals surface area contributed by atoms with Gasteiger partial charge in [-0.05, 0) is 43.7 Å². The number of aromatic amines is 1. The lowest BCUT2D eigenvalue weighted by atomic mass is 10.1. The van der Waals surface area contributed by atoms with Crippen molar-refractivity contribution in [1.29, 1.82) is 0 Å². The molecule has 2 N–H and O–H groups in total. The van der Waals surface area contributed by atoms with E-state index in [0.29, 0.717) is 22.0 Å². The van der Waals surface area contributed by atoms with Gasteiger partial charge in [0.15, 0.2) is 0 Å². The lowest BCUT2D eigenvalue weighted by Crippen LogP contribution is -2.26. The van der Waals surface area contributed by atoms with Gasteiger partial charge in [0.05, 0.1) is 5.69 Å². The van der Waals surface area contributed by atoms with Crippen molar-refractivity contribution in [3.8, 4) is 0 Å². The molecule has 7 nitrogen and oxygen atoms in total. The lowest BCUT2D eigenvalue weighted by Gasteiger charge is -2.09. The summed E-state index contributed by atoms with van der Waals surface area (Å²) in [5.74, 6) is -0.482. The summed E-state index contributed by atoms with van der Waals surface area (Å²) in [6.07, 6.45) is 3.30. The fourth-order valence-corrected chi connectivity index (χ4v) is 2.92. The van der Waals surface area contributed by atoms with Crippen LogP contribution in [0.25, 0.3) is 0 Å². The Morgan fingerprint density at radius 1 is 1.12 bits per heavy atom. The number of hydrogen-bond acceptors (Lipinski definition) is 6. The van der Waals surface area contributed by atoms with Crippen LogP contribution in [0.3, 0.4) is 0 Å². The topological polar surface area (TPSA) is 101 Å².